The van der Waals surface area contributed by atoms with Gasteiger partial charge in [-0.15, -0.1) is 11.3 Å². The summed E-state index contributed by atoms with van der Waals surface area (Å²) >= 11 is 8.73. The quantitative estimate of drug-likeness (QED) is 0.303. The fourth-order valence-corrected chi connectivity index (χ4v) is 7.03. The molecule has 198 valence electrons. The van der Waals surface area contributed by atoms with Crippen molar-refractivity contribution in [2.75, 3.05) is 11.9 Å². The molecule has 0 radical (unpaired) electrons. The van der Waals surface area contributed by atoms with Crippen molar-refractivity contribution in [3.63, 3.8) is 0 Å². The highest BCUT2D eigenvalue weighted by molar-refractivity contribution is 7.19. The van der Waals surface area contributed by atoms with Crippen LogP contribution in [0.4, 0.5) is 5.69 Å². The molecular weight excluding hydrogens is 532 g/mol. The van der Waals surface area contributed by atoms with Gasteiger partial charge in [0, 0.05) is 60.9 Å². The van der Waals surface area contributed by atoms with Crippen molar-refractivity contribution in [2.24, 2.45) is 0 Å². The number of nitrogens with one attached hydrogen (secondary N) is 1. The number of anilines is 1. The average Bonchev–Trinajstić information content (AvgIpc) is 3.44. The minimum absolute atomic E-state index is 0.0616. The van der Waals surface area contributed by atoms with E-state index >= 15 is 0 Å². The largest absolute Gasteiger partial charge is 0.326 e. The Morgan fingerprint density at radius 3 is 2.41 bits per heavy atom. The van der Waals surface area contributed by atoms with Crippen molar-refractivity contribution in [3.05, 3.63) is 81.3 Å². The zero-order valence-corrected chi connectivity index (χ0v) is 23.1. The Morgan fingerprint density at radius 2 is 1.72 bits per heavy atom. The van der Waals surface area contributed by atoms with Gasteiger partial charge in [-0.2, -0.15) is 0 Å². The molecular formula is C30H27ClN4O3S. The number of fused-ring (bicyclic) bond motifs is 3. The topological polar surface area (TPSA) is 82.6 Å². The zero-order chi connectivity index (χ0) is 27.1. The lowest BCUT2D eigenvalue weighted by molar-refractivity contribution is -0.139. The molecule has 0 spiro atoms. The standard InChI is InChI=1S/C30H27ClN4O3S/c1-18(36)32-21-9-7-20(8-10-21)27-28-22-13-14-34(15-19-5-3-2-4-6-19)17-24(22)39-30(28)33-23(29(27)31)16-35-25(37)11-12-26(35)38/h2-10H,11-17H2,1H3,(H,32,36). The maximum absolute atomic E-state index is 12.4. The van der Waals surface area contributed by atoms with E-state index in [1.807, 2.05) is 30.3 Å². The lowest BCUT2D eigenvalue weighted by Crippen LogP contribution is -2.29. The number of rotatable bonds is 6. The summed E-state index contributed by atoms with van der Waals surface area (Å²) in [6.07, 6.45) is 1.32. The van der Waals surface area contributed by atoms with Gasteiger partial charge in [-0.1, -0.05) is 54.1 Å². The van der Waals surface area contributed by atoms with Crippen LogP contribution >= 0.6 is 22.9 Å². The summed E-state index contributed by atoms with van der Waals surface area (Å²) in [7, 11) is 0. The van der Waals surface area contributed by atoms with E-state index in [0.717, 1.165) is 47.4 Å². The van der Waals surface area contributed by atoms with Crippen molar-refractivity contribution in [3.8, 4) is 11.1 Å². The Morgan fingerprint density at radius 1 is 1.00 bits per heavy atom. The predicted molar refractivity (Wildman–Crippen MR) is 153 cm³/mol. The third-order valence-corrected chi connectivity index (χ3v) is 8.80. The van der Waals surface area contributed by atoms with Crippen LogP contribution in [-0.2, 0) is 40.4 Å². The fraction of sp³-hybridized carbons (Fsp3) is 0.267. The van der Waals surface area contributed by atoms with E-state index in [9.17, 15) is 14.4 Å². The SMILES string of the molecule is CC(=O)Nc1ccc(-c2c(Cl)c(CN3C(=O)CCC3=O)nc3sc4c(c23)CCN(Cc2ccccc2)C4)cc1. The monoisotopic (exact) mass is 558 g/mol. The number of likely N-dealkylation sites (tertiary alicyclic amines) is 1. The fourth-order valence-electron chi connectivity index (χ4n) is 5.43. The summed E-state index contributed by atoms with van der Waals surface area (Å²) in [5, 5.41) is 4.29. The lowest BCUT2D eigenvalue weighted by Gasteiger charge is -2.27. The Balaban J connectivity index is 1.43. The highest BCUT2D eigenvalue weighted by atomic mass is 35.5. The van der Waals surface area contributed by atoms with Crippen LogP contribution in [0, 0.1) is 0 Å². The number of pyridine rings is 1. The van der Waals surface area contributed by atoms with Crippen LogP contribution in [0.2, 0.25) is 5.02 Å². The molecule has 2 aromatic carbocycles. The van der Waals surface area contributed by atoms with Crippen molar-refractivity contribution in [1.82, 2.24) is 14.8 Å². The molecule has 4 heterocycles. The first-order valence-corrected chi connectivity index (χ1v) is 14.2. The smallest absolute Gasteiger partial charge is 0.230 e. The van der Waals surface area contributed by atoms with E-state index in [4.69, 9.17) is 16.6 Å². The molecule has 2 aliphatic rings. The van der Waals surface area contributed by atoms with Gasteiger partial charge in [0.05, 0.1) is 17.3 Å². The second kappa shape index (κ2) is 10.5. The highest BCUT2D eigenvalue weighted by Gasteiger charge is 2.32. The molecule has 2 aromatic heterocycles. The second-order valence-electron chi connectivity index (χ2n) is 10.0. The summed E-state index contributed by atoms with van der Waals surface area (Å²) in [6, 6.07) is 18.1. The number of carbonyl (C=O) groups is 3. The molecule has 7 nitrogen and oxygen atoms in total. The molecule has 1 N–H and O–H groups in total. The molecule has 9 heteroatoms. The van der Waals surface area contributed by atoms with Crippen molar-refractivity contribution < 1.29 is 14.4 Å². The first-order valence-electron chi connectivity index (χ1n) is 13.0. The molecule has 0 saturated carbocycles. The molecule has 6 rings (SSSR count). The molecule has 0 bridgehead atoms. The summed E-state index contributed by atoms with van der Waals surface area (Å²) in [4.78, 5) is 47.1. The van der Waals surface area contributed by atoms with Crippen LogP contribution in [0.3, 0.4) is 0 Å². The maximum atomic E-state index is 12.4. The third kappa shape index (κ3) is 5.07. The Kier molecular flexibility index (Phi) is 6.93. The maximum Gasteiger partial charge on any atom is 0.230 e. The molecule has 0 unspecified atom stereocenters. The van der Waals surface area contributed by atoms with Crippen molar-refractivity contribution in [2.45, 2.75) is 45.8 Å². The lowest BCUT2D eigenvalue weighted by atomic mass is 9.95. The minimum atomic E-state index is -0.193. The summed E-state index contributed by atoms with van der Waals surface area (Å²) in [6.45, 7) is 4.16. The highest BCUT2D eigenvalue weighted by Crippen LogP contribution is 2.45. The number of imide groups is 1. The molecule has 0 aliphatic carbocycles. The molecule has 3 amide bonds. The van der Waals surface area contributed by atoms with E-state index in [1.165, 1.54) is 27.8 Å². The second-order valence-corrected chi connectivity index (χ2v) is 11.5. The van der Waals surface area contributed by atoms with Gasteiger partial charge in [-0.05, 0) is 35.2 Å². The van der Waals surface area contributed by atoms with Gasteiger partial charge >= 0.3 is 0 Å². The van der Waals surface area contributed by atoms with Gasteiger partial charge in [-0.3, -0.25) is 24.2 Å². The summed E-state index contributed by atoms with van der Waals surface area (Å²) in [5.41, 5.74) is 5.52. The number of aromatic nitrogens is 1. The first kappa shape index (κ1) is 25.7. The van der Waals surface area contributed by atoms with Crippen molar-refractivity contribution in [1.29, 1.82) is 0 Å². The number of thiophene rings is 1. The van der Waals surface area contributed by atoms with Crippen LogP contribution < -0.4 is 5.32 Å². The first-order chi connectivity index (χ1) is 18.9. The van der Waals surface area contributed by atoms with Crippen LogP contribution in [0.15, 0.2) is 54.6 Å². The van der Waals surface area contributed by atoms with Crippen LogP contribution in [0.5, 0.6) is 0 Å². The van der Waals surface area contributed by atoms with E-state index in [2.05, 4.69) is 34.5 Å². The number of amides is 3. The summed E-state index contributed by atoms with van der Waals surface area (Å²) < 4.78 is 0. The van der Waals surface area contributed by atoms with Gasteiger partial charge < -0.3 is 5.32 Å². The van der Waals surface area contributed by atoms with Gasteiger partial charge in [0.1, 0.15) is 4.83 Å². The third-order valence-electron chi connectivity index (χ3n) is 7.28. The van der Waals surface area contributed by atoms with Gasteiger partial charge in [0.25, 0.3) is 0 Å². The molecule has 2 aliphatic heterocycles. The zero-order valence-electron chi connectivity index (χ0n) is 21.5. The van der Waals surface area contributed by atoms with Crippen LogP contribution in [0.25, 0.3) is 21.3 Å². The Labute approximate surface area is 235 Å². The van der Waals surface area contributed by atoms with E-state index < -0.39 is 0 Å². The van der Waals surface area contributed by atoms with E-state index in [1.54, 1.807) is 11.3 Å². The minimum Gasteiger partial charge on any atom is -0.326 e. The number of hydrogen-bond donors (Lipinski definition) is 1. The van der Waals surface area contributed by atoms with Gasteiger partial charge in [0.15, 0.2) is 0 Å². The predicted octanol–water partition coefficient (Wildman–Crippen LogP) is 5.78. The normalized spacial score (nSPS) is 15.7. The molecule has 0 atom stereocenters. The number of carbonyl (C=O) groups excluding carboxylic acids is 3. The molecule has 1 saturated heterocycles. The Bertz CT molecular complexity index is 1580. The molecule has 1 fully saturated rings. The molecule has 39 heavy (non-hydrogen) atoms. The number of hydrogen-bond acceptors (Lipinski definition) is 6. The van der Waals surface area contributed by atoms with Gasteiger partial charge in [-0.25, -0.2) is 4.98 Å². The van der Waals surface area contributed by atoms with E-state index in [0.29, 0.717) is 16.4 Å². The van der Waals surface area contributed by atoms with E-state index in [-0.39, 0.29) is 37.1 Å². The number of benzene rings is 2. The number of nitrogens with zero attached hydrogens (tertiary/aromatic N) is 3. The van der Waals surface area contributed by atoms with Crippen molar-refractivity contribution >= 4 is 56.6 Å². The summed E-state index contributed by atoms with van der Waals surface area (Å²) in [5.74, 6) is -0.524. The molecule has 4 aromatic rings. The van der Waals surface area contributed by atoms with Crippen LogP contribution in [0.1, 0.15) is 41.5 Å². The Hall–Kier alpha value is -3.59. The van der Waals surface area contributed by atoms with Gasteiger partial charge in [0.2, 0.25) is 17.7 Å². The van der Waals surface area contributed by atoms with Crippen LogP contribution in [-0.4, -0.2) is 39.1 Å². The number of halogens is 1. The average molecular weight is 559 g/mol.